The normalized spacial score (nSPS) is 11.0. The topological polar surface area (TPSA) is 56.1 Å². The Balaban J connectivity index is 1.73. The summed E-state index contributed by atoms with van der Waals surface area (Å²) in [5.74, 6) is -2.15. The number of para-hydroxylation sites is 3. The van der Waals surface area contributed by atoms with E-state index in [1.165, 1.54) is 17.8 Å². The van der Waals surface area contributed by atoms with Gasteiger partial charge >= 0.3 is 0 Å². The van der Waals surface area contributed by atoms with Gasteiger partial charge in [-0.3, -0.25) is 4.79 Å². The second-order valence-electron chi connectivity index (χ2n) is 5.46. The molecule has 0 radical (unpaired) electrons. The summed E-state index contributed by atoms with van der Waals surface area (Å²) in [6.45, 7) is 1.09. The molecule has 0 saturated carbocycles. The summed E-state index contributed by atoms with van der Waals surface area (Å²) in [6, 6.07) is 11.1. The van der Waals surface area contributed by atoms with E-state index in [2.05, 4.69) is 10.3 Å². The molecule has 1 heterocycles. The lowest BCUT2D eigenvalue weighted by molar-refractivity contribution is -0.113. The standard InChI is InChI=1S/C18H17F2N3O2S/c1-25-10-9-23-15-8-3-2-7-14(15)21-18(23)26-11-16(24)22-17-12(19)5-4-6-13(17)20/h2-8H,9-11H2,1H3,(H,22,24). The summed E-state index contributed by atoms with van der Waals surface area (Å²) >= 11 is 1.20. The number of anilines is 1. The van der Waals surface area contributed by atoms with Gasteiger partial charge in [-0.25, -0.2) is 13.8 Å². The van der Waals surface area contributed by atoms with E-state index < -0.39 is 23.2 Å². The van der Waals surface area contributed by atoms with Crippen molar-refractivity contribution in [2.75, 3.05) is 24.8 Å². The monoisotopic (exact) mass is 377 g/mol. The van der Waals surface area contributed by atoms with Crippen LogP contribution < -0.4 is 5.32 Å². The fourth-order valence-corrected chi connectivity index (χ4v) is 3.33. The summed E-state index contributed by atoms with van der Waals surface area (Å²) in [7, 11) is 1.61. The first-order valence-electron chi connectivity index (χ1n) is 7.91. The average molecular weight is 377 g/mol. The maximum atomic E-state index is 13.6. The van der Waals surface area contributed by atoms with Gasteiger partial charge in [0.2, 0.25) is 5.91 Å². The highest BCUT2D eigenvalue weighted by atomic mass is 32.2. The smallest absolute Gasteiger partial charge is 0.235 e. The van der Waals surface area contributed by atoms with Gasteiger partial charge in [0.05, 0.1) is 23.4 Å². The maximum Gasteiger partial charge on any atom is 0.235 e. The SMILES string of the molecule is COCCn1c(SCC(=O)Nc2c(F)cccc2F)nc2ccccc21. The number of imidazole rings is 1. The zero-order valence-corrected chi connectivity index (χ0v) is 14.9. The molecule has 3 aromatic rings. The molecule has 1 aromatic heterocycles. The molecule has 0 saturated heterocycles. The van der Waals surface area contributed by atoms with Crippen molar-refractivity contribution in [1.29, 1.82) is 0 Å². The average Bonchev–Trinajstić information content (AvgIpc) is 2.99. The van der Waals surface area contributed by atoms with Crippen molar-refractivity contribution >= 4 is 34.4 Å². The summed E-state index contributed by atoms with van der Waals surface area (Å²) in [6.07, 6.45) is 0. The van der Waals surface area contributed by atoms with Gasteiger partial charge in [0.15, 0.2) is 5.16 Å². The van der Waals surface area contributed by atoms with Crippen molar-refractivity contribution < 1.29 is 18.3 Å². The molecule has 8 heteroatoms. The number of methoxy groups -OCH3 is 1. The van der Waals surface area contributed by atoms with E-state index in [4.69, 9.17) is 4.74 Å². The number of hydrogen-bond donors (Lipinski definition) is 1. The van der Waals surface area contributed by atoms with Crippen LogP contribution in [0.15, 0.2) is 47.6 Å². The van der Waals surface area contributed by atoms with Crippen LogP contribution in [0.1, 0.15) is 0 Å². The Morgan fingerprint density at radius 1 is 1.19 bits per heavy atom. The van der Waals surface area contributed by atoms with E-state index in [1.807, 2.05) is 28.8 Å². The Bertz CT molecular complexity index is 910. The predicted molar refractivity (Wildman–Crippen MR) is 97.3 cm³/mol. The third-order valence-electron chi connectivity index (χ3n) is 3.70. The van der Waals surface area contributed by atoms with Gasteiger partial charge in [0, 0.05) is 13.7 Å². The van der Waals surface area contributed by atoms with E-state index in [0.717, 1.165) is 23.2 Å². The fourth-order valence-electron chi connectivity index (χ4n) is 2.49. The molecule has 0 fully saturated rings. The first-order chi connectivity index (χ1) is 12.6. The fraction of sp³-hybridized carbons (Fsp3) is 0.222. The lowest BCUT2D eigenvalue weighted by Crippen LogP contribution is -2.17. The van der Waals surface area contributed by atoms with Gasteiger partial charge in [0.1, 0.15) is 17.3 Å². The minimum absolute atomic E-state index is 0.0237. The second-order valence-corrected chi connectivity index (χ2v) is 6.40. The van der Waals surface area contributed by atoms with Crippen molar-refractivity contribution in [3.63, 3.8) is 0 Å². The minimum atomic E-state index is -0.810. The summed E-state index contributed by atoms with van der Waals surface area (Å²) in [5, 5.41) is 2.92. The van der Waals surface area contributed by atoms with Crippen molar-refractivity contribution in [1.82, 2.24) is 9.55 Å². The van der Waals surface area contributed by atoms with Gasteiger partial charge in [-0.2, -0.15) is 0 Å². The Morgan fingerprint density at radius 3 is 2.65 bits per heavy atom. The third kappa shape index (κ3) is 4.03. The molecule has 5 nitrogen and oxygen atoms in total. The maximum absolute atomic E-state index is 13.6. The van der Waals surface area contributed by atoms with Crippen LogP contribution in [-0.2, 0) is 16.1 Å². The van der Waals surface area contributed by atoms with Crippen molar-refractivity contribution in [3.8, 4) is 0 Å². The molecular formula is C18H17F2N3O2S. The molecule has 3 rings (SSSR count). The number of hydrogen-bond acceptors (Lipinski definition) is 4. The van der Waals surface area contributed by atoms with Crippen LogP contribution in [0, 0.1) is 11.6 Å². The van der Waals surface area contributed by atoms with E-state index in [-0.39, 0.29) is 5.75 Å². The molecule has 0 aliphatic heterocycles. The molecule has 1 amide bonds. The van der Waals surface area contributed by atoms with Crippen LogP contribution in [-0.4, -0.2) is 34.9 Å². The number of fused-ring (bicyclic) bond motifs is 1. The lowest BCUT2D eigenvalue weighted by Gasteiger charge is -2.09. The van der Waals surface area contributed by atoms with E-state index in [0.29, 0.717) is 18.3 Å². The van der Waals surface area contributed by atoms with Crippen LogP contribution >= 0.6 is 11.8 Å². The van der Waals surface area contributed by atoms with E-state index in [9.17, 15) is 13.6 Å². The molecule has 26 heavy (non-hydrogen) atoms. The van der Waals surface area contributed by atoms with Crippen molar-refractivity contribution in [2.24, 2.45) is 0 Å². The molecule has 136 valence electrons. The third-order valence-corrected chi connectivity index (χ3v) is 4.67. The molecule has 1 N–H and O–H groups in total. The van der Waals surface area contributed by atoms with Gasteiger partial charge in [-0.05, 0) is 24.3 Å². The zero-order valence-electron chi connectivity index (χ0n) is 14.0. The molecule has 0 atom stereocenters. The van der Waals surface area contributed by atoms with Crippen LogP contribution in [0.4, 0.5) is 14.5 Å². The van der Waals surface area contributed by atoms with Crippen molar-refractivity contribution in [2.45, 2.75) is 11.7 Å². The first-order valence-corrected chi connectivity index (χ1v) is 8.89. The number of carbonyl (C=O) groups excluding carboxylic acids is 1. The van der Waals surface area contributed by atoms with E-state index >= 15 is 0 Å². The van der Waals surface area contributed by atoms with E-state index in [1.54, 1.807) is 7.11 Å². The molecular weight excluding hydrogens is 360 g/mol. The number of benzene rings is 2. The number of nitrogens with one attached hydrogen (secondary N) is 1. The molecule has 0 spiro atoms. The van der Waals surface area contributed by atoms with Crippen LogP contribution in [0.2, 0.25) is 0 Å². The quantitative estimate of drug-likeness (QED) is 0.638. The summed E-state index contributed by atoms with van der Waals surface area (Å²) < 4.78 is 34.3. The second kappa shape index (κ2) is 8.29. The Hall–Kier alpha value is -2.45. The number of amides is 1. The Labute approximate surface area is 153 Å². The number of thioether (sulfide) groups is 1. The van der Waals surface area contributed by atoms with Gasteiger partial charge in [-0.1, -0.05) is 30.0 Å². The van der Waals surface area contributed by atoms with Crippen LogP contribution in [0.3, 0.4) is 0 Å². The highest BCUT2D eigenvalue weighted by Crippen LogP contribution is 2.25. The highest BCUT2D eigenvalue weighted by molar-refractivity contribution is 7.99. The number of nitrogens with zero attached hydrogens (tertiary/aromatic N) is 2. The molecule has 0 bridgehead atoms. The summed E-state index contributed by atoms with van der Waals surface area (Å²) in [4.78, 5) is 16.6. The van der Waals surface area contributed by atoms with Gasteiger partial charge in [0.25, 0.3) is 0 Å². The number of aromatic nitrogens is 2. The number of carbonyl (C=O) groups is 1. The predicted octanol–water partition coefficient (Wildman–Crippen LogP) is 3.69. The van der Waals surface area contributed by atoms with Crippen molar-refractivity contribution in [3.05, 3.63) is 54.1 Å². The van der Waals surface area contributed by atoms with Gasteiger partial charge < -0.3 is 14.6 Å². The molecule has 0 aliphatic rings. The van der Waals surface area contributed by atoms with Gasteiger partial charge in [-0.15, -0.1) is 0 Å². The van der Waals surface area contributed by atoms with Crippen LogP contribution in [0.25, 0.3) is 11.0 Å². The Kier molecular flexibility index (Phi) is 5.85. The number of ether oxygens (including phenoxy) is 1. The minimum Gasteiger partial charge on any atom is -0.383 e. The van der Waals surface area contributed by atoms with Crippen LogP contribution in [0.5, 0.6) is 0 Å². The lowest BCUT2D eigenvalue weighted by atomic mass is 10.3. The molecule has 2 aromatic carbocycles. The largest absolute Gasteiger partial charge is 0.383 e. The highest BCUT2D eigenvalue weighted by Gasteiger charge is 2.15. The zero-order chi connectivity index (χ0) is 18.5. The molecule has 0 unspecified atom stereocenters. The Morgan fingerprint density at radius 2 is 1.92 bits per heavy atom. The summed E-state index contributed by atoms with van der Waals surface area (Å²) in [5.41, 5.74) is 1.31. The molecule has 0 aliphatic carbocycles. The number of halogens is 2. The first kappa shape index (κ1) is 18.3. The number of rotatable bonds is 7.